The third kappa shape index (κ3) is 21.3. The van der Waals surface area contributed by atoms with E-state index in [-0.39, 0.29) is 115 Å². The first-order chi connectivity index (χ1) is 36.9. The molecule has 2 aromatic carbocycles. The zero-order valence-electron chi connectivity index (χ0n) is 43.5. The number of piperidine rings is 1. The van der Waals surface area contributed by atoms with Crippen LogP contribution in [0.3, 0.4) is 0 Å². The van der Waals surface area contributed by atoms with Crippen LogP contribution in [0, 0.1) is 21.6 Å². The highest BCUT2D eigenvalue weighted by Gasteiger charge is 2.42. The average Bonchev–Trinajstić information content (AvgIpc) is 3.39. The fourth-order valence-corrected chi connectivity index (χ4v) is 9.47. The number of guanidine groups is 4. The summed E-state index contributed by atoms with van der Waals surface area (Å²) in [6, 6.07) is 2.26. The van der Waals surface area contributed by atoms with Crippen LogP contribution in [0.4, 0.5) is 0 Å². The monoisotopic (exact) mass is 1110 g/mol. The van der Waals surface area contributed by atoms with E-state index in [2.05, 4.69) is 53.2 Å². The molecule has 2 aliphatic heterocycles. The molecular formula is C47H76N19O11P. The molecule has 4 rings (SSSR count). The Morgan fingerprint density at radius 3 is 1.42 bits per heavy atom. The zero-order chi connectivity index (χ0) is 57.5. The smallest absolute Gasteiger partial charge is 0.370 e. The number of carbonyl (C=O) groups excluding carboxylic acids is 7. The predicted octanol–water partition coefficient (Wildman–Crippen LogP) is -3.76. The van der Waals surface area contributed by atoms with Gasteiger partial charge in [-0.1, -0.05) is 42.5 Å². The standard InChI is InChI=1S/C47H76N19O11P/c1-26(77-78(74,75)76)36-43(73)66-23-5-4-16-35(66)42(72)64-34(25-27-17-18-28-10-2-3-11-29(28)24-27)41(71)63-32(14-8-21-58-46(52)53)39(69)61-30(12-6-19-56-44(48)49)37(67)60-31(13-7-20-57-45(50)51)38(68)62-33(40(70)65-36)15-9-22-59-47(54)55/h2-3,10-11,17-18,24,26,30-36H,4-9,12-16,19-23,25H2,1H3,(H,60,67)(H,61,69)(H,62,68)(H,63,71)(H,64,72)(H,65,70)(H4,48,49,56)(H4,50,51,57)(H4,52,53,58)(H4,54,55,59)(H2,74,75,76)/t26-,30-,31+,32-,33+,34-,35?,36?/m0/s1. The van der Waals surface area contributed by atoms with E-state index in [0.29, 0.717) is 18.4 Å². The van der Waals surface area contributed by atoms with Gasteiger partial charge in [0.1, 0.15) is 42.3 Å². The number of phosphoric ester groups is 1. The third-order valence-corrected chi connectivity index (χ3v) is 13.4. The lowest BCUT2D eigenvalue weighted by atomic mass is 9.97. The second kappa shape index (κ2) is 30.8. The second-order valence-corrected chi connectivity index (χ2v) is 20.1. The minimum Gasteiger partial charge on any atom is -0.370 e. The molecule has 0 saturated carbocycles. The molecule has 2 saturated heterocycles. The van der Waals surface area contributed by atoms with Gasteiger partial charge < -0.3 is 90.8 Å². The van der Waals surface area contributed by atoms with Gasteiger partial charge in [0.25, 0.3) is 0 Å². The first kappa shape index (κ1) is 62.7. The van der Waals surface area contributed by atoms with Gasteiger partial charge in [-0.3, -0.25) is 59.7 Å². The van der Waals surface area contributed by atoms with Gasteiger partial charge in [0.15, 0.2) is 23.8 Å². The zero-order valence-corrected chi connectivity index (χ0v) is 44.3. The molecule has 0 aromatic heterocycles. The van der Waals surface area contributed by atoms with Crippen molar-refractivity contribution in [1.29, 1.82) is 21.6 Å². The molecular weight excluding hydrogens is 1040 g/mol. The summed E-state index contributed by atoms with van der Waals surface area (Å²) in [6.45, 7) is 1.24. The molecule has 430 valence electrons. The largest absolute Gasteiger partial charge is 0.469 e. The molecule has 8 atom stereocenters. The fraction of sp³-hybridized carbons (Fsp3) is 0.553. The van der Waals surface area contributed by atoms with E-state index in [1.165, 1.54) is 0 Å². The number of benzene rings is 2. The number of nitrogens with two attached hydrogens (primary N) is 4. The first-order valence-electron chi connectivity index (χ1n) is 25.6. The summed E-state index contributed by atoms with van der Waals surface area (Å²) in [5, 5.41) is 58.5. The van der Waals surface area contributed by atoms with Gasteiger partial charge in [0, 0.05) is 39.1 Å². The fourth-order valence-electron chi connectivity index (χ4n) is 8.92. The third-order valence-electron chi connectivity index (χ3n) is 12.8. The van der Waals surface area contributed by atoms with Crippen LogP contribution in [-0.2, 0) is 49.1 Å². The molecule has 2 heterocycles. The summed E-state index contributed by atoms with van der Waals surface area (Å²) in [5.41, 5.74) is 22.6. The minimum absolute atomic E-state index is 0.0177. The quantitative estimate of drug-likeness (QED) is 0.0247. The average molecular weight is 1110 g/mol. The summed E-state index contributed by atoms with van der Waals surface area (Å²) < 4.78 is 17.3. The van der Waals surface area contributed by atoms with E-state index in [0.717, 1.165) is 22.6 Å². The lowest BCUT2D eigenvalue weighted by molar-refractivity contribution is -0.148. The number of carbonyl (C=O) groups is 7. The predicted molar refractivity (Wildman–Crippen MR) is 288 cm³/mol. The van der Waals surface area contributed by atoms with E-state index in [1.54, 1.807) is 6.07 Å². The first-order valence-corrected chi connectivity index (χ1v) is 27.1. The summed E-state index contributed by atoms with van der Waals surface area (Å²) in [6.07, 6.45) is -1.29. The number of phosphoric acid groups is 1. The lowest BCUT2D eigenvalue weighted by Crippen LogP contribution is -2.63. The van der Waals surface area contributed by atoms with E-state index >= 15 is 0 Å². The molecule has 2 unspecified atom stereocenters. The Bertz CT molecular complexity index is 2530. The Labute approximate surface area is 450 Å². The summed E-state index contributed by atoms with van der Waals surface area (Å²) in [4.78, 5) is 124. The minimum atomic E-state index is -5.37. The van der Waals surface area contributed by atoms with Crippen LogP contribution < -0.4 is 76.1 Å². The molecule has 2 aliphatic rings. The maximum Gasteiger partial charge on any atom is 0.469 e. The highest BCUT2D eigenvalue weighted by Crippen LogP contribution is 2.38. The van der Waals surface area contributed by atoms with Gasteiger partial charge in [-0.2, -0.15) is 0 Å². The number of rotatable bonds is 21. The van der Waals surface area contributed by atoms with E-state index < -0.39 is 104 Å². The van der Waals surface area contributed by atoms with Crippen molar-refractivity contribution in [2.45, 2.75) is 132 Å². The van der Waals surface area contributed by atoms with Gasteiger partial charge in [-0.15, -0.1) is 0 Å². The number of hydrogen-bond acceptors (Lipinski definition) is 13. The van der Waals surface area contributed by atoms with Crippen LogP contribution >= 0.6 is 7.82 Å². The van der Waals surface area contributed by atoms with Gasteiger partial charge in [0.05, 0.1) is 6.10 Å². The number of nitrogens with one attached hydrogen (secondary N) is 14. The van der Waals surface area contributed by atoms with Crippen LogP contribution in [0.5, 0.6) is 0 Å². The van der Waals surface area contributed by atoms with Crippen molar-refractivity contribution in [1.82, 2.24) is 58.1 Å². The number of hydrogen-bond donors (Lipinski definition) is 20. The number of nitrogens with zero attached hydrogens (tertiary/aromatic N) is 1. The van der Waals surface area contributed by atoms with Gasteiger partial charge >= 0.3 is 7.82 Å². The molecule has 30 nitrogen and oxygen atoms in total. The summed E-state index contributed by atoms with van der Waals surface area (Å²) >= 11 is 0. The maximum atomic E-state index is 14.9. The Balaban J connectivity index is 1.91. The Morgan fingerprint density at radius 2 is 1.00 bits per heavy atom. The maximum absolute atomic E-state index is 14.9. The van der Waals surface area contributed by atoms with Crippen LogP contribution in [0.15, 0.2) is 42.5 Å². The Kier molecular flexibility index (Phi) is 24.8. The molecule has 0 spiro atoms. The van der Waals surface area contributed by atoms with Crippen LogP contribution in [0.25, 0.3) is 10.8 Å². The Morgan fingerprint density at radius 1 is 0.603 bits per heavy atom. The second-order valence-electron chi connectivity index (χ2n) is 19.0. The van der Waals surface area contributed by atoms with Crippen LogP contribution in [-0.4, -0.2) is 161 Å². The molecule has 2 aromatic rings. The molecule has 0 bridgehead atoms. The highest BCUT2D eigenvalue weighted by atomic mass is 31.2. The Hall–Kier alpha value is -7.82. The molecule has 31 heteroatoms. The van der Waals surface area contributed by atoms with Crippen molar-refractivity contribution in [3.63, 3.8) is 0 Å². The molecule has 78 heavy (non-hydrogen) atoms. The van der Waals surface area contributed by atoms with Crippen molar-refractivity contribution in [2.24, 2.45) is 22.9 Å². The van der Waals surface area contributed by atoms with Gasteiger partial charge in [0.2, 0.25) is 41.4 Å². The normalized spacial score (nSPS) is 22.6. The van der Waals surface area contributed by atoms with Gasteiger partial charge in [-0.05, 0) is 93.9 Å². The van der Waals surface area contributed by atoms with E-state index in [4.69, 9.17) is 49.1 Å². The molecule has 24 N–H and O–H groups in total. The highest BCUT2D eigenvalue weighted by molar-refractivity contribution is 7.46. The van der Waals surface area contributed by atoms with Crippen LogP contribution in [0.1, 0.15) is 83.1 Å². The molecule has 0 aliphatic carbocycles. The molecule has 2 fully saturated rings. The topological polar surface area (TPSA) is 509 Å². The van der Waals surface area contributed by atoms with E-state index in [9.17, 15) is 47.9 Å². The lowest BCUT2D eigenvalue weighted by Gasteiger charge is -2.39. The SMILES string of the molecule is C[C@H](OP(=O)(O)O)C1NC(=O)[C@@H](CCCNC(=N)N)NC(=O)[C@@H](CCCNC(=N)N)NC(=O)[C@H](CCCNC(=N)N)NC(=O)[C@H](CCCNC(=N)N)NC(=O)[C@H](Cc2ccc3ccccc3c2)NC(=O)C2CCCCN2C1=O. The van der Waals surface area contributed by atoms with E-state index in [1.807, 2.05) is 36.4 Å². The number of fused-ring (bicyclic) bond motifs is 2. The van der Waals surface area contributed by atoms with Crippen molar-refractivity contribution in [3.8, 4) is 0 Å². The van der Waals surface area contributed by atoms with Crippen molar-refractivity contribution >= 4 is 83.8 Å². The molecule has 7 amide bonds. The summed E-state index contributed by atoms with van der Waals surface area (Å²) in [7, 11) is -5.37. The summed E-state index contributed by atoms with van der Waals surface area (Å²) in [5.74, 6) is -7.96. The van der Waals surface area contributed by atoms with Crippen molar-refractivity contribution < 1.29 is 52.4 Å². The van der Waals surface area contributed by atoms with Crippen LogP contribution in [0.2, 0.25) is 0 Å². The van der Waals surface area contributed by atoms with Crippen molar-refractivity contribution in [3.05, 3.63) is 48.0 Å². The van der Waals surface area contributed by atoms with Gasteiger partial charge in [-0.25, -0.2) is 4.57 Å². The van der Waals surface area contributed by atoms with Crippen molar-refractivity contribution in [2.75, 3.05) is 32.7 Å². The number of amides is 7. The molecule has 0 radical (unpaired) electrons.